The number of phenolic OH excluding ortho intramolecular Hbond substituents is 1. The highest BCUT2D eigenvalue weighted by atomic mass is 32.1. The Morgan fingerprint density at radius 2 is 1.71 bits per heavy atom. The Hall–Kier alpha value is -3.99. The maximum absolute atomic E-state index is 13.8. The number of halogens is 1. The number of benzene rings is 3. The summed E-state index contributed by atoms with van der Waals surface area (Å²) in [6.45, 7) is 5.41. The molecule has 0 saturated carbocycles. The summed E-state index contributed by atoms with van der Waals surface area (Å²) in [5.74, 6) is -0.195. The van der Waals surface area contributed by atoms with Crippen LogP contribution < -0.4 is 9.47 Å². The van der Waals surface area contributed by atoms with Crippen LogP contribution in [0, 0.1) is 5.82 Å². The summed E-state index contributed by atoms with van der Waals surface area (Å²) in [6.07, 6.45) is 2.80. The number of phenols is 1. The monoisotopic (exact) mass is 595 g/mol. The highest BCUT2D eigenvalue weighted by Gasteiger charge is 2.22. The molecule has 4 rings (SSSR count). The van der Waals surface area contributed by atoms with Crippen molar-refractivity contribution in [2.45, 2.75) is 26.2 Å². The standard InChI is InChI=1S/C32H34FNO7S/c1-2-34(15-4-3-5-17-39-21-29(36)37)16-18-40-25-10-12-26(13-11-25)41-31-27-14-9-24(35)20-28(27)42-32(31)30(38)22-7-6-8-23(33)19-22/h6-14,19-20,35H,2-5,15-18,21H2,1H3,(H,36,37). The first-order valence-electron chi connectivity index (χ1n) is 13.8. The number of ketones is 1. The number of nitrogens with zero attached hydrogens (tertiary/aromatic N) is 1. The number of aromatic hydroxyl groups is 1. The fourth-order valence-corrected chi connectivity index (χ4v) is 5.52. The van der Waals surface area contributed by atoms with Crippen molar-refractivity contribution < 1.29 is 38.4 Å². The Morgan fingerprint density at radius 3 is 2.45 bits per heavy atom. The minimum absolute atomic E-state index is 0.0748. The van der Waals surface area contributed by atoms with Gasteiger partial charge in [-0.05, 0) is 86.9 Å². The Labute approximate surface area is 247 Å². The molecule has 0 atom stereocenters. The normalized spacial score (nSPS) is 11.2. The van der Waals surface area contributed by atoms with Gasteiger partial charge >= 0.3 is 5.97 Å². The number of hydrogen-bond donors (Lipinski definition) is 2. The molecule has 0 bridgehead atoms. The molecule has 10 heteroatoms. The number of carbonyl (C=O) groups excluding carboxylic acids is 1. The number of carboxylic acids is 1. The highest BCUT2D eigenvalue weighted by Crippen LogP contribution is 2.42. The zero-order valence-corrected chi connectivity index (χ0v) is 24.2. The van der Waals surface area contributed by atoms with E-state index >= 15 is 0 Å². The minimum Gasteiger partial charge on any atom is -0.508 e. The molecular weight excluding hydrogens is 561 g/mol. The van der Waals surface area contributed by atoms with E-state index in [-0.39, 0.29) is 23.7 Å². The van der Waals surface area contributed by atoms with Gasteiger partial charge in [0.1, 0.15) is 41.2 Å². The number of ether oxygens (including phenoxy) is 3. The van der Waals surface area contributed by atoms with E-state index in [9.17, 15) is 19.1 Å². The van der Waals surface area contributed by atoms with Crippen molar-refractivity contribution in [2.75, 3.05) is 39.5 Å². The van der Waals surface area contributed by atoms with Crippen LogP contribution in [0.15, 0.2) is 66.7 Å². The van der Waals surface area contributed by atoms with Gasteiger partial charge < -0.3 is 29.3 Å². The molecule has 4 aromatic rings. The van der Waals surface area contributed by atoms with E-state index in [4.69, 9.17) is 19.3 Å². The lowest BCUT2D eigenvalue weighted by Gasteiger charge is -2.20. The van der Waals surface area contributed by atoms with Crippen molar-refractivity contribution in [1.82, 2.24) is 4.90 Å². The van der Waals surface area contributed by atoms with Crippen LogP contribution in [-0.2, 0) is 9.53 Å². The van der Waals surface area contributed by atoms with Crippen molar-refractivity contribution >= 4 is 33.2 Å². The van der Waals surface area contributed by atoms with E-state index in [1.54, 1.807) is 42.5 Å². The molecule has 0 saturated heterocycles. The first kappa shape index (κ1) is 31.0. The maximum Gasteiger partial charge on any atom is 0.329 e. The first-order chi connectivity index (χ1) is 20.3. The van der Waals surface area contributed by atoms with Crippen LogP contribution in [0.4, 0.5) is 4.39 Å². The number of likely N-dealkylation sites (N-methyl/N-ethyl adjacent to an activating group) is 1. The fourth-order valence-electron chi connectivity index (χ4n) is 4.39. The number of aliphatic carboxylic acids is 1. The number of hydrogen-bond acceptors (Lipinski definition) is 8. The highest BCUT2D eigenvalue weighted by molar-refractivity contribution is 7.21. The van der Waals surface area contributed by atoms with Crippen LogP contribution in [0.3, 0.4) is 0 Å². The molecule has 0 aliphatic heterocycles. The minimum atomic E-state index is -0.949. The summed E-state index contributed by atoms with van der Waals surface area (Å²) < 4.78 is 31.7. The van der Waals surface area contributed by atoms with Gasteiger partial charge in [-0.25, -0.2) is 9.18 Å². The second kappa shape index (κ2) is 15.3. The summed E-state index contributed by atoms with van der Waals surface area (Å²) in [5, 5.41) is 19.2. The van der Waals surface area contributed by atoms with Crippen molar-refractivity contribution in [3.63, 3.8) is 0 Å². The van der Waals surface area contributed by atoms with Gasteiger partial charge in [0.15, 0.2) is 5.75 Å². The number of rotatable bonds is 17. The Balaban J connectivity index is 1.33. The molecular formula is C32H34FNO7S. The molecule has 0 fully saturated rings. The maximum atomic E-state index is 13.8. The summed E-state index contributed by atoms with van der Waals surface area (Å²) in [5.41, 5.74) is 0.213. The molecule has 42 heavy (non-hydrogen) atoms. The third kappa shape index (κ3) is 8.75. The Kier molecular flexibility index (Phi) is 11.3. The van der Waals surface area contributed by atoms with E-state index < -0.39 is 11.8 Å². The third-order valence-corrected chi connectivity index (χ3v) is 7.71. The molecule has 2 N–H and O–H groups in total. The molecule has 0 radical (unpaired) electrons. The van der Waals surface area contributed by atoms with Crippen LogP contribution in [0.5, 0.6) is 23.0 Å². The molecule has 1 heterocycles. The lowest BCUT2D eigenvalue weighted by molar-refractivity contribution is -0.142. The molecule has 0 spiro atoms. The first-order valence-corrected chi connectivity index (χ1v) is 14.6. The molecule has 222 valence electrons. The van der Waals surface area contributed by atoms with Gasteiger partial charge in [-0.3, -0.25) is 4.79 Å². The number of thiophene rings is 1. The number of carboxylic acid groups (broad SMARTS) is 1. The quantitative estimate of drug-likeness (QED) is 0.102. The van der Waals surface area contributed by atoms with Crippen LogP contribution >= 0.6 is 11.3 Å². The van der Waals surface area contributed by atoms with Crippen LogP contribution in [0.2, 0.25) is 0 Å². The van der Waals surface area contributed by atoms with Crippen LogP contribution in [0.1, 0.15) is 41.4 Å². The molecule has 1 aromatic heterocycles. The molecule has 0 unspecified atom stereocenters. The largest absolute Gasteiger partial charge is 0.508 e. The Morgan fingerprint density at radius 1 is 0.929 bits per heavy atom. The average Bonchev–Trinajstić information content (AvgIpc) is 3.32. The molecule has 0 aliphatic carbocycles. The topological polar surface area (TPSA) is 106 Å². The van der Waals surface area contributed by atoms with E-state index in [1.807, 2.05) is 0 Å². The van der Waals surface area contributed by atoms with Crippen LogP contribution in [-0.4, -0.2) is 66.3 Å². The Bertz CT molecular complexity index is 1490. The zero-order chi connectivity index (χ0) is 29.9. The number of unbranched alkanes of at least 4 members (excludes halogenated alkanes) is 2. The third-order valence-electron chi connectivity index (χ3n) is 6.58. The van der Waals surface area contributed by atoms with Crippen LogP contribution in [0.25, 0.3) is 10.1 Å². The molecule has 3 aromatic carbocycles. The molecule has 8 nitrogen and oxygen atoms in total. The molecule has 0 aliphatic rings. The van der Waals surface area contributed by atoms with Gasteiger partial charge in [-0.2, -0.15) is 0 Å². The summed E-state index contributed by atoms with van der Waals surface area (Å²) in [7, 11) is 0. The van der Waals surface area contributed by atoms with Gasteiger partial charge in [-0.1, -0.05) is 19.1 Å². The van der Waals surface area contributed by atoms with Crippen molar-refractivity contribution in [3.8, 4) is 23.0 Å². The van der Waals surface area contributed by atoms with E-state index in [0.717, 1.165) is 38.9 Å². The lowest BCUT2D eigenvalue weighted by atomic mass is 10.1. The van der Waals surface area contributed by atoms with E-state index in [0.29, 0.717) is 45.4 Å². The van der Waals surface area contributed by atoms with E-state index in [2.05, 4.69) is 11.8 Å². The van der Waals surface area contributed by atoms with Gasteiger partial charge in [-0.15, -0.1) is 11.3 Å². The second-order valence-electron chi connectivity index (χ2n) is 9.64. The average molecular weight is 596 g/mol. The second-order valence-corrected chi connectivity index (χ2v) is 10.7. The predicted octanol–water partition coefficient (Wildman–Crippen LogP) is 6.74. The SMILES string of the molecule is CCN(CCCCCOCC(=O)O)CCOc1ccc(Oc2c(C(=O)c3cccc(F)c3)sc3cc(O)ccc23)cc1. The van der Waals surface area contributed by atoms with Crippen molar-refractivity contribution in [1.29, 1.82) is 0 Å². The number of carbonyl (C=O) groups is 2. The summed E-state index contributed by atoms with van der Waals surface area (Å²) >= 11 is 1.18. The molecule has 0 amide bonds. The predicted molar refractivity (Wildman–Crippen MR) is 160 cm³/mol. The smallest absolute Gasteiger partial charge is 0.329 e. The van der Waals surface area contributed by atoms with Gasteiger partial charge in [0, 0.05) is 28.8 Å². The van der Waals surface area contributed by atoms with Gasteiger partial charge in [0.05, 0.1) is 0 Å². The van der Waals surface area contributed by atoms with Crippen molar-refractivity contribution in [2.24, 2.45) is 0 Å². The zero-order valence-electron chi connectivity index (χ0n) is 23.4. The van der Waals surface area contributed by atoms with E-state index in [1.165, 1.54) is 35.6 Å². The summed E-state index contributed by atoms with van der Waals surface area (Å²) in [4.78, 5) is 26.4. The summed E-state index contributed by atoms with van der Waals surface area (Å²) in [6, 6.07) is 17.5. The van der Waals surface area contributed by atoms with Gasteiger partial charge in [0.25, 0.3) is 0 Å². The van der Waals surface area contributed by atoms with Gasteiger partial charge in [0.2, 0.25) is 5.78 Å². The fraction of sp³-hybridized carbons (Fsp3) is 0.312. The lowest BCUT2D eigenvalue weighted by Crippen LogP contribution is -2.29. The van der Waals surface area contributed by atoms with Crippen molar-refractivity contribution in [3.05, 3.63) is 83.0 Å². The number of fused-ring (bicyclic) bond motifs is 1.